The second-order valence-electron chi connectivity index (χ2n) is 3.87. The van der Waals surface area contributed by atoms with E-state index < -0.39 is 0 Å². The zero-order valence-electron chi connectivity index (χ0n) is 9.99. The summed E-state index contributed by atoms with van der Waals surface area (Å²) in [5.41, 5.74) is 1.55. The number of halogens is 1. The Bertz CT molecular complexity index is 370. The summed E-state index contributed by atoms with van der Waals surface area (Å²) in [5.74, 6) is 0.304. The van der Waals surface area contributed by atoms with Crippen LogP contribution in [0.2, 0.25) is 0 Å². The van der Waals surface area contributed by atoms with Crippen LogP contribution in [0.5, 0.6) is 0 Å². The van der Waals surface area contributed by atoms with Crippen LogP contribution in [-0.4, -0.2) is 18.0 Å². The molecule has 1 aromatic rings. The standard InChI is InChI=1S/C14H17ClO2/c1-3-12-6-8-13(9-7-12)14(16)17-11(2)5-4-10-15/h3,6-9,11H,1,4-5,10H2,2H3. The molecule has 0 aliphatic carbocycles. The number of ether oxygens (including phenoxy) is 1. The average molecular weight is 253 g/mol. The van der Waals surface area contributed by atoms with E-state index in [0.717, 1.165) is 18.4 Å². The average Bonchev–Trinajstić information content (AvgIpc) is 2.36. The molecule has 0 aromatic heterocycles. The Morgan fingerprint density at radius 2 is 2.12 bits per heavy atom. The van der Waals surface area contributed by atoms with E-state index in [1.165, 1.54) is 0 Å². The second kappa shape index (κ2) is 7.13. The number of hydrogen-bond acceptors (Lipinski definition) is 2. The molecule has 0 aliphatic rings. The van der Waals surface area contributed by atoms with Crippen LogP contribution >= 0.6 is 11.6 Å². The summed E-state index contributed by atoms with van der Waals surface area (Å²) < 4.78 is 5.29. The van der Waals surface area contributed by atoms with Crippen LogP contribution in [0.25, 0.3) is 6.08 Å². The first-order valence-electron chi connectivity index (χ1n) is 5.67. The highest BCUT2D eigenvalue weighted by Crippen LogP contribution is 2.10. The lowest BCUT2D eigenvalue weighted by molar-refractivity contribution is 0.0324. The SMILES string of the molecule is C=Cc1ccc(C(=O)OC(C)CCCCl)cc1. The first-order chi connectivity index (χ1) is 8.17. The molecule has 1 aromatic carbocycles. The molecule has 1 unspecified atom stereocenters. The summed E-state index contributed by atoms with van der Waals surface area (Å²) in [6.07, 6.45) is 3.28. The van der Waals surface area contributed by atoms with E-state index in [2.05, 4.69) is 6.58 Å². The summed E-state index contributed by atoms with van der Waals surface area (Å²) in [7, 11) is 0. The van der Waals surface area contributed by atoms with Crippen molar-refractivity contribution in [1.82, 2.24) is 0 Å². The van der Waals surface area contributed by atoms with Gasteiger partial charge < -0.3 is 4.74 Å². The van der Waals surface area contributed by atoms with Gasteiger partial charge in [0.15, 0.2) is 0 Å². The molecule has 0 saturated carbocycles. The van der Waals surface area contributed by atoms with Gasteiger partial charge in [-0.15, -0.1) is 11.6 Å². The van der Waals surface area contributed by atoms with Crippen molar-refractivity contribution < 1.29 is 9.53 Å². The van der Waals surface area contributed by atoms with E-state index in [1.807, 2.05) is 19.1 Å². The van der Waals surface area contributed by atoms with Crippen LogP contribution in [0, 0.1) is 0 Å². The van der Waals surface area contributed by atoms with Crippen molar-refractivity contribution in [3.63, 3.8) is 0 Å². The fourth-order valence-corrected chi connectivity index (χ4v) is 1.58. The molecule has 3 heteroatoms. The maximum Gasteiger partial charge on any atom is 0.338 e. The molecule has 0 N–H and O–H groups in total. The Balaban J connectivity index is 2.54. The second-order valence-corrected chi connectivity index (χ2v) is 4.25. The van der Waals surface area contributed by atoms with Gasteiger partial charge in [-0.05, 0) is 37.5 Å². The minimum atomic E-state index is -0.289. The molecule has 0 heterocycles. The molecule has 17 heavy (non-hydrogen) atoms. The molecule has 0 radical (unpaired) electrons. The molecule has 0 spiro atoms. The highest BCUT2D eigenvalue weighted by molar-refractivity contribution is 6.17. The fourth-order valence-electron chi connectivity index (χ4n) is 1.43. The zero-order valence-corrected chi connectivity index (χ0v) is 10.7. The Morgan fingerprint density at radius 1 is 1.47 bits per heavy atom. The van der Waals surface area contributed by atoms with Gasteiger partial charge in [-0.1, -0.05) is 24.8 Å². The van der Waals surface area contributed by atoms with Gasteiger partial charge in [-0.3, -0.25) is 0 Å². The minimum absolute atomic E-state index is 0.0969. The third-order valence-electron chi connectivity index (χ3n) is 2.43. The van der Waals surface area contributed by atoms with Crippen molar-refractivity contribution in [2.45, 2.75) is 25.9 Å². The Morgan fingerprint density at radius 3 is 2.65 bits per heavy atom. The minimum Gasteiger partial charge on any atom is -0.459 e. The van der Waals surface area contributed by atoms with E-state index in [-0.39, 0.29) is 12.1 Å². The first kappa shape index (κ1) is 13.8. The van der Waals surface area contributed by atoms with E-state index in [9.17, 15) is 4.79 Å². The van der Waals surface area contributed by atoms with E-state index in [4.69, 9.17) is 16.3 Å². The number of benzene rings is 1. The molecular formula is C14H17ClO2. The molecule has 0 amide bonds. The third-order valence-corrected chi connectivity index (χ3v) is 2.70. The summed E-state index contributed by atoms with van der Waals surface area (Å²) >= 11 is 5.58. The predicted molar refractivity (Wildman–Crippen MR) is 71.4 cm³/mol. The maximum atomic E-state index is 11.7. The van der Waals surface area contributed by atoms with Gasteiger partial charge in [0, 0.05) is 5.88 Å². The molecule has 1 atom stereocenters. The smallest absolute Gasteiger partial charge is 0.338 e. The lowest BCUT2D eigenvalue weighted by atomic mass is 10.1. The van der Waals surface area contributed by atoms with Gasteiger partial charge in [0.25, 0.3) is 0 Å². The van der Waals surface area contributed by atoms with Gasteiger partial charge >= 0.3 is 5.97 Å². The van der Waals surface area contributed by atoms with Gasteiger partial charge in [0.2, 0.25) is 0 Å². The van der Waals surface area contributed by atoms with E-state index in [1.54, 1.807) is 18.2 Å². The summed E-state index contributed by atoms with van der Waals surface area (Å²) in [6.45, 7) is 5.54. The molecule has 1 rings (SSSR count). The van der Waals surface area contributed by atoms with Crippen molar-refractivity contribution >= 4 is 23.6 Å². The van der Waals surface area contributed by atoms with Crippen molar-refractivity contribution in [2.75, 3.05) is 5.88 Å². The van der Waals surface area contributed by atoms with Gasteiger partial charge in [-0.25, -0.2) is 4.79 Å². The predicted octanol–water partition coefficient (Wildman–Crippen LogP) is 3.89. The summed E-state index contributed by atoms with van der Waals surface area (Å²) in [4.78, 5) is 11.7. The molecular weight excluding hydrogens is 236 g/mol. The number of carbonyl (C=O) groups is 1. The van der Waals surface area contributed by atoms with Crippen LogP contribution in [0.4, 0.5) is 0 Å². The molecule has 0 aliphatic heterocycles. The largest absolute Gasteiger partial charge is 0.459 e. The van der Waals surface area contributed by atoms with Gasteiger partial charge in [0.05, 0.1) is 11.7 Å². The highest BCUT2D eigenvalue weighted by atomic mass is 35.5. The van der Waals surface area contributed by atoms with Gasteiger partial charge in [-0.2, -0.15) is 0 Å². The van der Waals surface area contributed by atoms with Crippen LogP contribution in [0.15, 0.2) is 30.8 Å². The van der Waals surface area contributed by atoms with E-state index in [0.29, 0.717) is 11.4 Å². The van der Waals surface area contributed by atoms with Crippen molar-refractivity contribution in [3.8, 4) is 0 Å². The molecule has 92 valence electrons. The highest BCUT2D eigenvalue weighted by Gasteiger charge is 2.11. The van der Waals surface area contributed by atoms with Crippen molar-refractivity contribution in [2.24, 2.45) is 0 Å². The van der Waals surface area contributed by atoms with Crippen LogP contribution in [-0.2, 0) is 4.74 Å². The van der Waals surface area contributed by atoms with Gasteiger partial charge in [0.1, 0.15) is 0 Å². The van der Waals surface area contributed by atoms with Crippen LogP contribution in [0.1, 0.15) is 35.7 Å². The Labute approximate surface area is 107 Å². The van der Waals surface area contributed by atoms with E-state index >= 15 is 0 Å². The number of esters is 1. The van der Waals surface area contributed by atoms with Crippen LogP contribution < -0.4 is 0 Å². The fraction of sp³-hybridized carbons (Fsp3) is 0.357. The zero-order chi connectivity index (χ0) is 12.7. The maximum absolute atomic E-state index is 11.7. The lowest BCUT2D eigenvalue weighted by Crippen LogP contribution is -2.15. The summed E-state index contributed by atoms with van der Waals surface area (Å²) in [6, 6.07) is 7.17. The molecule has 0 saturated heterocycles. The van der Waals surface area contributed by atoms with Crippen LogP contribution in [0.3, 0.4) is 0 Å². The number of carbonyl (C=O) groups excluding carboxylic acids is 1. The Kier molecular flexibility index (Phi) is 5.78. The number of hydrogen-bond donors (Lipinski definition) is 0. The monoisotopic (exact) mass is 252 g/mol. The molecule has 0 bridgehead atoms. The normalized spacial score (nSPS) is 11.9. The first-order valence-corrected chi connectivity index (χ1v) is 6.20. The van der Waals surface area contributed by atoms with Crippen molar-refractivity contribution in [3.05, 3.63) is 42.0 Å². The molecule has 2 nitrogen and oxygen atoms in total. The van der Waals surface area contributed by atoms with Crippen molar-refractivity contribution in [1.29, 1.82) is 0 Å². The Hall–Kier alpha value is -1.28. The number of rotatable bonds is 6. The molecule has 0 fully saturated rings. The topological polar surface area (TPSA) is 26.3 Å². The summed E-state index contributed by atoms with van der Waals surface area (Å²) in [5, 5.41) is 0. The number of alkyl halides is 1. The third kappa shape index (κ3) is 4.61. The lowest BCUT2D eigenvalue weighted by Gasteiger charge is -2.12. The quantitative estimate of drug-likeness (QED) is 0.567.